The summed E-state index contributed by atoms with van der Waals surface area (Å²) >= 11 is 0. The van der Waals surface area contributed by atoms with Crippen LogP contribution in [0.15, 0.2) is 30.3 Å². The van der Waals surface area contributed by atoms with Crippen LogP contribution in [0.5, 0.6) is 0 Å². The molecule has 1 aromatic rings. The molecule has 4 N–H and O–H groups in total. The summed E-state index contributed by atoms with van der Waals surface area (Å²) in [5.74, 6) is 0.00328. The fourth-order valence-corrected chi connectivity index (χ4v) is 3.76. The van der Waals surface area contributed by atoms with Gasteiger partial charge in [-0.05, 0) is 31.4 Å². The molecule has 3 amide bonds. The van der Waals surface area contributed by atoms with Crippen LogP contribution in [0.3, 0.4) is 0 Å². The van der Waals surface area contributed by atoms with E-state index in [-0.39, 0.29) is 30.7 Å². The van der Waals surface area contributed by atoms with Crippen LogP contribution in [0.2, 0.25) is 0 Å². The summed E-state index contributed by atoms with van der Waals surface area (Å²) in [7, 11) is 0. The number of benzene rings is 1. The molecule has 0 radical (unpaired) electrons. The lowest BCUT2D eigenvalue weighted by Crippen LogP contribution is -2.52. The van der Waals surface area contributed by atoms with Crippen LogP contribution in [-0.4, -0.2) is 86.2 Å². The first-order valence-electron chi connectivity index (χ1n) is 10.6. The molecule has 0 unspecified atom stereocenters. The van der Waals surface area contributed by atoms with Crippen molar-refractivity contribution in [3.63, 3.8) is 0 Å². The van der Waals surface area contributed by atoms with Gasteiger partial charge in [0.2, 0.25) is 5.91 Å². The summed E-state index contributed by atoms with van der Waals surface area (Å²) in [4.78, 5) is 26.4. The number of hydrogen-bond donors (Lipinski definition) is 4. The third kappa shape index (κ3) is 7.24. The number of anilines is 1. The Morgan fingerprint density at radius 2 is 1.90 bits per heavy atom. The molecule has 2 aliphatic heterocycles. The Hall–Kier alpha value is -2.20. The van der Waals surface area contributed by atoms with E-state index in [2.05, 4.69) is 20.9 Å². The Morgan fingerprint density at radius 1 is 1.13 bits per heavy atom. The summed E-state index contributed by atoms with van der Waals surface area (Å²) < 4.78 is 11.2. The maximum atomic E-state index is 12.2. The average Bonchev–Trinajstić information content (AvgIpc) is 2.76. The minimum absolute atomic E-state index is 0.00328. The van der Waals surface area contributed by atoms with Gasteiger partial charge in [0.1, 0.15) is 6.10 Å². The molecular weight excluding hydrogens is 388 g/mol. The zero-order valence-electron chi connectivity index (χ0n) is 17.2. The molecule has 9 heteroatoms. The SMILES string of the molecule is O=C(CN1CCOCC1)NCC[C@@H]1CC[C@H](NC(=O)Nc2ccccc2)[C@@H](CO)O1. The number of para-hydroxylation sites is 1. The molecule has 1 aromatic carbocycles. The topological polar surface area (TPSA) is 112 Å². The van der Waals surface area contributed by atoms with Crippen molar-refractivity contribution < 1.29 is 24.2 Å². The van der Waals surface area contributed by atoms with Crippen molar-refractivity contribution in [2.75, 3.05) is 51.3 Å². The largest absolute Gasteiger partial charge is 0.394 e. The summed E-state index contributed by atoms with van der Waals surface area (Å²) in [6, 6.07) is 8.62. The zero-order valence-corrected chi connectivity index (χ0v) is 17.2. The second kappa shape index (κ2) is 11.8. The predicted molar refractivity (Wildman–Crippen MR) is 112 cm³/mol. The lowest BCUT2D eigenvalue weighted by atomic mass is 9.97. The standard InChI is InChI=1S/C21H32N4O5/c26-15-19-18(24-21(28)23-16-4-2-1-3-5-16)7-6-17(30-19)8-9-22-20(27)14-25-10-12-29-13-11-25/h1-5,17-19,26H,6-15H2,(H,22,27)(H2,23,24,28)/t17-,18-,19+/m0/s1. The van der Waals surface area contributed by atoms with Gasteiger partial charge in [-0.2, -0.15) is 0 Å². The number of rotatable bonds is 8. The molecule has 2 saturated heterocycles. The minimum Gasteiger partial charge on any atom is -0.394 e. The molecular formula is C21H32N4O5. The van der Waals surface area contributed by atoms with Gasteiger partial charge in [0.05, 0.1) is 38.5 Å². The fraction of sp³-hybridized carbons (Fsp3) is 0.619. The van der Waals surface area contributed by atoms with E-state index in [1.54, 1.807) is 0 Å². The fourth-order valence-electron chi connectivity index (χ4n) is 3.76. The van der Waals surface area contributed by atoms with Crippen LogP contribution in [0.4, 0.5) is 10.5 Å². The van der Waals surface area contributed by atoms with Crippen molar-refractivity contribution in [3.05, 3.63) is 30.3 Å². The second-order valence-electron chi connectivity index (χ2n) is 7.65. The summed E-state index contributed by atoms with van der Waals surface area (Å²) in [5, 5.41) is 18.3. The molecule has 3 rings (SSSR count). The van der Waals surface area contributed by atoms with Gasteiger partial charge in [-0.15, -0.1) is 0 Å². The molecule has 2 heterocycles. The molecule has 0 aliphatic carbocycles. The molecule has 0 saturated carbocycles. The molecule has 0 aromatic heterocycles. The molecule has 0 spiro atoms. The van der Waals surface area contributed by atoms with Crippen LogP contribution >= 0.6 is 0 Å². The van der Waals surface area contributed by atoms with Gasteiger partial charge in [0.15, 0.2) is 0 Å². The lowest BCUT2D eigenvalue weighted by molar-refractivity contribution is -0.123. The molecule has 0 bridgehead atoms. The van der Waals surface area contributed by atoms with E-state index in [0.717, 1.165) is 19.5 Å². The van der Waals surface area contributed by atoms with Crippen molar-refractivity contribution >= 4 is 17.6 Å². The van der Waals surface area contributed by atoms with E-state index in [1.165, 1.54) is 0 Å². The Balaban J connectivity index is 1.35. The minimum atomic E-state index is -0.464. The predicted octanol–water partition coefficient (Wildman–Crippen LogP) is 0.555. The average molecular weight is 421 g/mol. The number of aliphatic hydroxyl groups is 1. The van der Waals surface area contributed by atoms with Gasteiger partial charge < -0.3 is 30.5 Å². The number of carbonyl (C=O) groups is 2. The number of nitrogens with one attached hydrogen (secondary N) is 3. The van der Waals surface area contributed by atoms with Crippen LogP contribution in [0.1, 0.15) is 19.3 Å². The van der Waals surface area contributed by atoms with E-state index in [0.29, 0.717) is 44.8 Å². The Kier molecular flexibility index (Phi) is 8.88. The van der Waals surface area contributed by atoms with Gasteiger partial charge in [-0.1, -0.05) is 18.2 Å². The Morgan fingerprint density at radius 3 is 2.63 bits per heavy atom. The molecule has 166 valence electrons. The number of carbonyl (C=O) groups excluding carboxylic acids is 2. The quantitative estimate of drug-likeness (QED) is 0.489. The van der Waals surface area contributed by atoms with Crippen molar-refractivity contribution in [2.24, 2.45) is 0 Å². The number of nitrogens with zero attached hydrogens (tertiary/aromatic N) is 1. The molecule has 2 aliphatic rings. The number of amides is 3. The van der Waals surface area contributed by atoms with E-state index >= 15 is 0 Å². The second-order valence-corrected chi connectivity index (χ2v) is 7.65. The van der Waals surface area contributed by atoms with Gasteiger partial charge in [-0.25, -0.2) is 4.79 Å². The van der Waals surface area contributed by atoms with Gasteiger partial charge >= 0.3 is 6.03 Å². The van der Waals surface area contributed by atoms with Crippen LogP contribution in [0, 0.1) is 0 Å². The number of urea groups is 1. The van der Waals surface area contributed by atoms with Crippen molar-refractivity contribution in [2.45, 2.75) is 37.5 Å². The van der Waals surface area contributed by atoms with Crippen molar-refractivity contribution in [1.82, 2.24) is 15.5 Å². The highest BCUT2D eigenvalue weighted by Crippen LogP contribution is 2.22. The highest BCUT2D eigenvalue weighted by atomic mass is 16.5. The zero-order chi connectivity index (χ0) is 21.2. The number of aliphatic hydroxyl groups excluding tert-OH is 1. The summed E-state index contributed by atoms with van der Waals surface area (Å²) in [6.07, 6.45) is 1.62. The molecule has 2 fully saturated rings. The lowest BCUT2D eigenvalue weighted by Gasteiger charge is -2.36. The Bertz CT molecular complexity index is 669. The van der Waals surface area contributed by atoms with E-state index in [4.69, 9.17) is 9.47 Å². The third-order valence-corrected chi connectivity index (χ3v) is 5.40. The van der Waals surface area contributed by atoms with Gasteiger partial charge in [-0.3, -0.25) is 9.69 Å². The normalized spacial score (nSPS) is 24.8. The molecule has 3 atom stereocenters. The van der Waals surface area contributed by atoms with Crippen molar-refractivity contribution in [3.8, 4) is 0 Å². The van der Waals surface area contributed by atoms with E-state index < -0.39 is 6.10 Å². The first-order chi connectivity index (χ1) is 14.6. The molecule has 9 nitrogen and oxygen atoms in total. The van der Waals surface area contributed by atoms with Crippen LogP contribution in [-0.2, 0) is 14.3 Å². The van der Waals surface area contributed by atoms with Crippen LogP contribution in [0.25, 0.3) is 0 Å². The highest BCUT2D eigenvalue weighted by Gasteiger charge is 2.31. The third-order valence-electron chi connectivity index (χ3n) is 5.40. The van der Waals surface area contributed by atoms with E-state index in [1.807, 2.05) is 30.3 Å². The van der Waals surface area contributed by atoms with Crippen molar-refractivity contribution in [1.29, 1.82) is 0 Å². The maximum Gasteiger partial charge on any atom is 0.319 e. The Labute approximate surface area is 177 Å². The number of hydrogen-bond acceptors (Lipinski definition) is 6. The first-order valence-corrected chi connectivity index (χ1v) is 10.6. The van der Waals surface area contributed by atoms with Gasteiger partial charge in [0, 0.05) is 25.3 Å². The van der Waals surface area contributed by atoms with E-state index in [9.17, 15) is 14.7 Å². The number of ether oxygens (including phenoxy) is 2. The van der Waals surface area contributed by atoms with Crippen LogP contribution < -0.4 is 16.0 Å². The van der Waals surface area contributed by atoms with Gasteiger partial charge in [0.25, 0.3) is 0 Å². The maximum absolute atomic E-state index is 12.2. The smallest absolute Gasteiger partial charge is 0.319 e. The summed E-state index contributed by atoms with van der Waals surface area (Å²) in [5.41, 5.74) is 0.706. The summed E-state index contributed by atoms with van der Waals surface area (Å²) in [6.45, 7) is 3.65. The highest BCUT2D eigenvalue weighted by molar-refractivity contribution is 5.89. The number of morpholine rings is 1. The first kappa shape index (κ1) is 22.5. The molecule has 30 heavy (non-hydrogen) atoms. The monoisotopic (exact) mass is 420 g/mol.